The molecule has 1 heterocycles. The zero-order valence-corrected chi connectivity index (χ0v) is 12.5. The highest BCUT2D eigenvalue weighted by atomic mass is 16.2. The number of likely N-dealkylation sites (N-methyl/N-ethyl adjacent to an activating group) is 1. The van der Waals surface area contributed by atoms with Gasteiger partial charge in [0.25, 0.3) is 0 Å². The number of nitrogens with one attached hydrogen (secondary N) is 2. The lowest BCUT2D eigenvalue weighted by molar-refractivity contribution is 0.227. The summed E-state index contributed by atoms with van der Waals surface area (Å²) in [5.74, 6) is 0.523. The summed E-state index contributed by atoms with van der Waals surface area (Å²) in [6.45, 7) is 3.04. The van der Waals surface area contributed by atoms with Gasteiger partial charge < -0.3 is 20.4 Å². The molecule has 5 nitrogen and oxygen atoms in total. The molecule has 0 aromatic carbocycles. The van der Waals surface area contributed by atoms with Crippen molar-refractivity contribution in [1.82, 2.24) is 20.4 Å². The molecule has 1 saturated heterocycles. The predicted molar refractivity (Wildman–Crippen MR) is 77.3 cm³/mol. The fourth-order valence-electron chi connectivity index (χ4n) is 3.37. The van der Waals surface area contributed by atoms with Crippen LogP contribution in [0.5, 0.6) is 0 Å². The van der Waals surface area contributed by atoms with E-state index in [9.17, 15) is 4.79 Å². The Bertz CT molecular complexity index is 302. The smallest absolute Gasteiger partial charge is 0.315 e. The van der Waals surface area contributed by atoms with Gasteiger partial charge in [0.2, 0.25) is 0 Å². The monoisotopic (exact) mass is 268 g/mol. The van der Waals surface area contributed by atoms with E-state index in [4.69, 9.17) is 0 Å². The van der Waals surface area contributed by atoms with Gasteiger partial charge in [-0.3, -0.25) is 0 Å². The van der Waals surface area contributed by atoms with E-state index < -0.39 is 0 Å². The normalized spacial score (nSPS) is 29.1. The van der Waals surface area contributed by atoms with Crippen LogP contribution in [0.4, 0.5) is 4.79 Å². The van der Waals surface area contributed by atoms with Gasteiger partial charge in [-0.05, 0) is 34.0 Å². The maximum absolute atomic E-state index is 12.0. The maximum atomic E-state index is 12.0. The lowest BCUT2D eigenvalue weighted by Gasteiger charge is -2.24. The molecule has 0 unspecified atom stereocenters. The second kappa shape index (κ2) is 6.57. The number of rotatable bonds is 4. The van der Waals surface area contributed by atoms with Crippen LogP contribution in [0.25, 0.3) is 0 Å². The summed E-state index contributed by atoms with van der Waals surface area (Å²) in [4.78, 5) is 16.5. The first-order valence-corrected chi connectivity index (χ1v) is 7.45. The minimum atomic E-state index is 0.0240. The fraction of sp³-hybridized carbons (Fsp3) is 0.929. The quantitative estimate of drug-likeness (QED) is 0.790. The molecule has 110 valence electrons. The Hall–Kier alpha value is -0.810. The molecular weight excluding hydrogens is 240 g/mol. The van der Waals surface area contributed by atoms with E-state index in [0.29, 0.717) is 12.0 Å². The molecule has 1 saturated carbocycles. The Morgan fingerprint density at radius 2 is 1.89 bits per heavy atom. The molecule has 2 N–H and O–H groups in total. The van der Waals surface area contributed by atoms with Crippen molar-refractivity contribution >= 4 is 6.03 Å². The van der Waals surface area contributed by atoms with E-state index in [1.807, 2.05) is 0 Å². The van der Waals surface area contributed by atoms with Crippen molar-refractivity contribution < 1.29 is 4.79 Å². The Kier molecular flexibility index (Phi) is 5.05. The number of nitrogens with zero attached hydrogens (tertiary/aromatic N) is 2. The molecule has 0 radical (unpaired) electrons. The summed E-state index contributed by atoms with van der Waals surface area (Å²) in [7, 11) is 6.31. The Morgan fingerprint density at radius 3 is 2.53 bits per heavy atom. The lowest BCUT2D eigenvalue weighted by Crippen LogP contribution is -2.49. The van der Waals surface area contributed by atoms with Crippen LogP contribution in [0.3, 0.4) is 0 Å². The second-order valence-electron chi connectivity index (χ2n) is 6.45. The summed E-state index contributed by atoms with van der Waals surface area (Å²) in [6.07, 6.45) is 4.78. The zero-order valence-electron chi connectivity index (χ0n) is 12.5. The van der Waals surface area contributed by atoms with Crippen LogP contribution in [-0.4, -0.2) is 68.7 Å². The van der Waals surface area contributed by atoms with Crippen molar-refractivity contribution in [2.75, 3.05) is 40.8 Å². The minimum Gasteiger partial charge on any atom is -0.335 e. The zero-order chi connectivity index (χ0) is 13.8. The number of amides is 2. The molecule has 2 rings (SSSR count). The average molecular weight is 268 g/mol. The first-order valence-electron chi connectivity index (χ1n) is 7.45. The summed E-state index contributed by atoms with van der Waals surface area (Å²) >= 11 is 0. The van der Waals surface area contributed by atoms with Gasteiger partial charge in [-0.2, -0.15) is 0 Å². The molecule has 5 heteroatoms. The average Bonchev–Trinajstić information content (AvgIpc) is 2.89. The van der Waals surface area contributed by atoms with Gasteiger partial charge in [0.05, 0.1) is 0 Å². The lowest BCUT2D eigenvalue weighted by atomic mass is 10.0. The van der Waals surface area contributed by atoms with Gasteiger partial charge in [-0.1, -0.05) is 12.8 Å². The molecule has 2 aliphatic rings. The number of hydrogen-bond donors (Lipinski definition) is 2. The van der Waals surface area contributed by atoms with Gasteiger partial charge in [0, 0.05) is 37.6 Å². The van der Waals surface area contributed by atoms with Crippen LogP contribution in [-0.2, 0) is 0 Å². The number of carbonyl (C=O) groups is 1. The molecule has 1 aliphatic heterocycles. The van der Waals surface area contributed by atoms with Gasteiger partial charge in [0.15, 0.2) is 0 Å². The third kappa shape index (κ3) is 4.35. The van der Waals surface area contributed by atoms with E-state index in [-0.39, 0.29) is 12.1 Å². The maximum Gasteiger partial charge on any atom is 0.315 e. The van der Waals surface area contributed by atoms with Crippen LogP contribution in [0, 0.1) is 5.92 Å². The Morgan fingerprint density at radius 1 is 1.21 bits per heavy atom. The van der Waals surface area contributed by atoms with Crippen molar-refractivity contribution in [2.45, 2.75) is 37.8 Å². The highest BCUT2D eigenvalue weighted by Gasteiger charge is 2.32. The third-order valence-electron chi connectivity index (χ3n) is 4.23. The third-order valence-corrected chi connectivity index (χ3v) is 4.23. The van der Waals surface area contributed by atoms with E-state index in [1.165, 1.54) is 12.8 Å². The molecule has 2 amide bonds. The molecule has 19 heavy (non-hydrogen) atoms. The summed E-state index contributed by atoms with van der Waals surface area (Å²) in [6, 6.07) is 0.691. The van der Waals surface area contributed by atoms with E-state index >= 15 is 0 Å². The summed E-state index contributed by atoms with van der Waals surface area (Å²) in [5.41, 5.74) is 0. The van der Waals surface area contributed by atoms with Crippen LogP contribution in [0.15, 0.2) is 0 Å². The van der Waals surface area contributed by atoms with Gasteiger partial charge in [-0.25, -0.2) is 4.79 Å². The fourth-order valence-corrected chi connectivity index (χ4v) is 3.37. The summed E-state index contributed by atoms with van der Waals surface area (Å²) < 4.78 is 0. The first-order chi connectivity index (χ1) is 9.04. The van der Waals surface area contributed by atoms with Gasteiger partial charge in [0.1, 0.15) is 0 Å². The van der Waals surface area contributed by atoms with E-state index in [2.05, 4.69) is 41.6 Å². The SMILES string of the molecule is CN(C)C[C@@H]1CN(C)C[C@H]1NC(=O)NC1CCCC1. The number of likely N-dealkylation sites (tertiary alicyclic amines) is 1. The Balaban J connectivity index is 1.80. The van der Waals surface area contributed by atoms with E-state index in [1.54, 1.807) is 0 Å². The molecule has 0 spiro atoms. The van der Waals surface area contributed by atoms with Crippen molar-refractivity contribution in [3.63, 3.8) is 0 Å². The molecule has 1 aliphatic carbocycles. The van der Waals surface area contributed by atoms with Crippen molar-refractivity contribution in [3.8, 4) is 0 Å². The van der Waals surface area contributed by atoms with Gasteiger partial charge in [-0.15, -0.1) is 0 Å². The Labute approximate surface area is 116 Å². The second-order valence-corrected chi connectivity index (χ2v) is 6.45. The van der Waals surface area contributed by atoms with Crippen LogP contribution >= 0.6 is 0 Å². The molecule has 0 aromatic rings. The predicted octanol–water partition coefficient (Wildman–Crippen LogP) is 0.720. The summed E-state index contributed by atoms with van der Waals surface area (Å²) in [5, 5.41) is 6.29. The molecular formula is C14H28N4O. The molecule has 2 fully saturated rings. The highest BCUT2D eigenvalue weighted by molar-refractivity contribution is 5.74. The van der Waals surface area contributed by atoms with Crippen molar-refractivity contribution in [3.05, 3.63) is 0 Å². The van der Waals surface area contributed by atoms with Crippen molar-refractivity contribution in [1.29, 1.82) is 0 Å². The minimum absolute atomic E-state index is 0.0240. The standard InChI is InChI=1S/C14H28N4O/c1-17(2)8-11-9-18(3)10-13(11)16-14(19)15-12-6-4-5-7-12/h11-13H,4-10H2,1-3H3,(H2,15,16,19)/t11-,13-/m1/s1. The number of hydrogen-bond acceptors (Lipinski definition) is 3. The number of urea groups is 1. The molecule has 2 atom stereocenters. The van der Waals surface area contributed by atoms with Gasteiger partial charge >= 0.3 is 6.03 Å². The largest absolute Gasteiger partial charge is 0.335 e. The molecule has 0 bridgehead atoms. The van der Waals surface area contributed by atoms with Crippen molar-refractivity contribution in [2.24, 2.45) is 5.92 Å². The highest BCUT2D eigenvalue weighted by Crippen LogP contribution is 2.18. The van der Waals surface area contributed by atoms with E-state index in [0.717, 1.165) is 32.5 Å². The van der Waals surface area contributed by atoms with Crippen LogP contribution < -0.4 is 10.6 Å². The topological polar surface area (TPSA) is 47.6 Å². The van der Waals surface area contributed by atoms with Crippen LogP contribution in [0.2, 0.25) is 0 Å². The number of carbonyl (C=O) groups excluding carboxylic acids is 1. The first kappa shape index (κ1) is 14.6. The molecule has 0 aromatic heterocycles. The van der Waals surface area contributed by atoms with Crippen LogP contribution in [0.1, 0.15) is 25.7 Å².